The molecule has 0 radical (unpaired) electrons. The molecule has 5 nitrogen and oxygen atoms in total. The lowest BCUT2D eigenvalue weighted by Gasteiger charge is -2.46. The fraction of sp³-hybridized carbons (Fsp3) is 0.909. The van der Waals surface area contributed by atoms with E-state index in [1.165, 1.54) is 0 Å². The quantitative estimate of drug-likeness (QED) is 0.603. The van der Waals surface area contributed by atoms with E-state index in [0.717, 1.165) is 39.0 Å². The predicted octanol–water partition coefficient (Wildman–Crippen LogP) is -0.513. The predicted molar refractivity (Wildman–Crippen MR) is 61.5 cm³/mol. The smallest absolute Gasteiger partial charge is 0.305 e. The number of nitrogens with one attached hydrogen (secondary N) is 2. The molecule has 2 saturated heterocycles. The first-order chi connectivity index (χ1) is 7.60. The van der Waals surface area contributed by atoms with Gasteiger partial charge < -0.3 is 20.6 Å². The normalized spacial score (nSPS) is 26.3. The number of nitrogens with zero attached hydrogens (tertiary/aromatic N) is 1. The van der Waals surface area contributed by atoms with Gasteiger partial charge in [-0.25, -0.2) is 0 Å². The molecule has 2 heterocycles. The zero-order valence-electron chi connectivity index (χ0n) is 9.83. The molecule has 0 aromatic carbocycles. The van der Waals surface area contributed by atoms with Gasteiger partial charge >= 0.3 is 5.97 Å². The van der Waals surface area contributed by atoms with Crippen molar-refractivity contribution in [3.05, 3.63) is 0 Å². The number of rotatable bonds is 4. The van der Waals surface area contributed by atoms with Crippen LogP contribution in [-0.4, -0.2) is 60.8 Å². The first kappa shape index (κ1) is 11.8. The first-order valence-corrected chi connectivity index (χ1v) is 5.98. The number of likely N-dealkylation sites (tertiary alicyclic amines) is 1. The molecule has 0 atom stereocenters. The van der Waals surface area contributed by atoms with E-state index in [1.807, 2.05) is 0 Å². The van der Waals surface area contributed by atoms with Crippen molar-refractivity contribution in [2.45, 2.75) is 30.8 Å². The molecule has 16 heavy (non-hydrogen) atoms. The van der Waals surface area contributed by atoms with Crippen LogP contribution in [0.25, 0.3) is 0 Å². The number of aliphatic carboxylic acids is 1. The second-order valence-electron chi connectivity index (χ2n) is 5.18. The monoisotopic (exact) mass is 227 g/mol. The highest BCUT2D eigenvalue weighted by Crippen LogP contribution is 2.20. The van der Waals surface area contributed by atoms with Crippen LogP contribution in [0.4, 0.5) is 0 Å². The van der Waals surface area contributed by atoms with Crippen LogP contribution >= 0.6 is 0 Å². The lowest BCUT2D eigenvalue weighted by Crippen LogP contribution is -2.70. The standard InChI is InChI=1S/C11H21N3O2/c1-14-4-2-9(3-5-14)13-11(6-10(15)16)7-12-8-11/h9,12-13H,2-8H2,1H3,(H,15,16). The molecule has 2 fully saturated rings. The van der Waals surface area contributed by atoms with E-state index in [4.69, 9.17) is 5.11 Å². The van der Waals surface area contributed by atoms with E-state index >= 15 is 0 Å². The van der Waals surface area contributed by atoms with E-state index in [9.17, 15) is 4.79 Å². The molecule has 0 aliphatic carbocycles. The number of carboxylic acids is 1. The van der Waals surface area contributed by atoms with Gasteiger partial charge in [-0.1, -0.05) is 0 Å². The van der Waals surface area contributed by atoms with Crippen molar-refractivity contribution in [3.63, 3.8) is 0 Å². The molecule has 0 saturated carbocycles. The Bertz CT molecular complexity index is 258. The van der Waals surface area contributed by atoms with E-state index in [-0.39, 0.29) is 12.0 Å². The summed E-state index contributed by atoms with van der Waals surface area (Å²) < 4.78 is 0. The molecule has 2 rings (SSSR count). The summed E-state index contributed by atoms with van der Waals surface area (Å²) in [7, 11) is 2.13. The van der Waals surface area contributed by atoms with Crippen LogP contribution < -0.4 is 10.6 Å². The summed E-state index contributed by atoms with van der Waals surface area (Å²) >= 11 is 0. The molecule has 92 valence electrons. The van der Waals surface area contributed by atoms with Crippen LogP contribution in [0.15, 0.2) is 0 Å². The Kier molecular flexibility index (Phi) is 3.47. The van der Waals surface area contributed by atoms with Crippen molar-refractivity contribution in [2.24, 2.45) is 0 Å². The second kappa shape index (κ2) is 4.69. The van der Waals surface area contributed by atoms with Crippen molar-refractivity contribution in [1.29, 1.82) is 0 Å². The van der Waals surface area contributed by atoms with Gasteiger partial charge in [-0.15, -0.1) is 0 Å². The molecule has 0 aromatic rings. The van der Waals surface area contributed by atoms with E-state index in [0.29, 0.717) is 6.04 Å². The average Bonchev–Trinajstić information content (AvgIpc) is 2.17. The van der Waals surface area contributed by atoms with Gasteiger partial charge in [0.15, 0.2) is 0 Å². The maximum atomic E-state index is 10.8. The molecule has 3 N–H and O–H groups in total. The highest BCUT2D eigenvalue weighted by atomic mass is 16.4. The Morgan fingerprint density at radius 1 is 1.50 bits per heavy atom. The van der Waals surface area contributed by atoms with Crippen molar-refractivity contribution < 1.29 is 9.90 Å². The zero-order valence-corrected chi connectivity index (χ0v) is 9.83. The second-order valence-corrected chi connectivity index (χ2v) is 5.18. The van der Waals surface area contributed by atoms with Gasteiger partial charge in [0.2, 0.25) is 0 Å². The molecule has 5 heteroatoms. The Morgan fingerprint density at radius 2 is 2.12 bits per heavy atom. The summed E-state index contributed by atoms with van der Waals surface area (Å²) in [5.74, 6) is -0.707. The Balaban J connectivity index is 1.84. The third kappa shape index (κ3) is 2.72. The number of piperidine rings is 1. The molecular formula is C11H21N3O2. The SMILES string of the molecule is CN1CCC(NC2(CC(=O)O)CNC2)CC1. The molecule has 0 aromatic heterocycles. The van der Waals surface area contributed by atoms with Gasteiger partial charge in [-0.2, -0.15) is 0 Å². The van der Waals surface area contributed by atoms with E-state index < -0.39 is 5.97 Å². The maximum Gasteiger partial charge on any atom is 0.305 e. The Labute approximate surface area is 96.2 Å². The molecule has 0 amide bonds. The summed E-state index contributed by atoms with van der Waals surface area (Å²) in [5.41, 5.74) is -0.188. The lowest BCUT2D eigenvalue weighted by atomic mass is 9.86. The van der Waals surface area contributed by atoms with Crippen molar-refractivity contribution in [3.8, 4) is 0 Å². The van der Waals surface area contributed by atoms with E-state index in [2.05, 4.69) is 22.6 Å². The van der Waals surface area contributed by atoms with Crippen molar-refractivity contribution in [2.75, 3.05) is 33.2 Å². The van der Waals surface area contributed by atoms with Crippen LogP contribution in [-0.2, 0) is 4.79 Å². The summed E-state index contributed by atoms with van der Waals surface area (Å²) in [5, 5.41) is 15.6. The van der Waals surface area contributed by atoms with E-state index in [1.54, 1.807) is 0 Å². The van der Waals surface area contributed by atoms with Crippen LogP contribution in [0.3, 0.4) is 0 Å². The molecule has 2 aliphatic rings. The van der Waals surface area contributed by atoms with Gasteiger partial charge in [0.1, 0.15) is 0 Å². The lowest BCUT2D eigenvalue weighted by molar-refractivity contribution is -0.139. The molecule has 0 spiro atoms. The topological polar surface area (TPSA) is 64.6 Å². The van der Waals surface area contributed by atoms with Gasteiger partial charge in [0.05, 0.1) is 12.0 Å². The zero-order chi connectivity index (χ0) is 11.6. The number of hydrogen-bond donors (Lipinski definition) is 3. The Hall–Kier alpha value is -0.650. The van der Waals surface area contributed by atoms with Crippen LogP contribution in [0.1, 0.15) is 19.3 Å². The third-order valence-corrected chi connectivity index (χ3v) is 3.65. The number of hydrogen-bond acceptors (Lipinski definition) is 4. The van der Waals surface area contributed by atoms with Crippen LogP contribution in [0, 0.1) is 0 Å². The third-order valence-electron chi connectivity index (χ3n) is 3.65. The maximum absolute atomic E-state index is 10.8. The number of carbonyl (C=O) groups is 1. The highest BCUT2D eigenvalue weighted by Gasteiger charge is 2.40. The first-order valence-electron chi connectivity index (χ1n) is 5.98. The van der Waals surface area contributed by atoms with Gasteiger partial charge in [-0.3, -0.25) is 4.79 Å². The van der Waals surface area contributed by atoms with Gasteiger partial charge in [0, 0.05) is 19.1 Å². The fourth-order valence-electron chi connectivity index (χ4n) is 2.58. The average molecular weight is 227 g/mol. The fourth-order valence-corrected chi connectivity index (χ4v) is 2.58. The minimum Gasteiger partial charge on any atom is -0.481 e. The van der Waals surface area contributed by atoms with Crippen molar-refractivity contribution >= 4 is 5.97 Å². The van der Waals surface area contributed by atoms with Crippen LogP contribution in [0.5, 0.6) is 0 Å². The summed E-state index contributed by atoms with van der Waals surface area (Å²) in [6.07, 6.45) is 2.47. The summed E-state index contributed by atoms with van der Waals surface area (Å²) in [4.78, 5) is 13.1. The van der Waals surface area contributed by atoms with Crippen LogP contribution in [0.2, 0.25) is 0 Å². The molecular weight excluding hydrogens is 206 g/mol. The van der Waals surface area contributed by atoms with Crippen molar-refractivity contribution in [1.82, 2.24) is 15.5 Å². The highest BCUT2D eigenvalue weighted by molar-refractivity contribution is 5.68. The minimum atomic E-state index is -0.707. The summed E-state index contributed by atoms with van der Waals surface area (Å²) in [6, 6.07) is 0.484. The Morgan fingerprint density at radius 3 is 2.56 bits per heavy atom. The number of carboxylic acid groups (broad SMARTS) is 1. The van der Waals surface area contributed by atoms with Gasteiger partial charge in [-0.05, 0) is 33.0 Å². The molecule has 0 unspecified atom stereocenters. The largest absolute Gasteiger partial charge is 0.481 e. The summed E-state index contributed by atoms with van der Waals surface area (Å²) in [6.45, 7) is 3.78. The minimum absolute atomic E-state index is 0.188. The molecule has 0 bridgehead atoms. The van der Waals surface area contributed by atoms with Gasteiger partial charge in [0.25, 0.3) is 0 Å². The molecule has 2 aliphatic heterocycles.